The Morgan fingerprint density at radius 2 is 2.08 bits per heavy atom. The van der Waals surface area contributed by atoms with Gasteiger partial charge < -0.3 is 9.47 Å². The second-order valence-corrected chi connectivity index (χ2v) is 7.55. The summed E-state index contributed by atoms with van der Waals surface area (Å²) in [4.78, 5) is 20.0. The number of fused-ring (bicyclic) bond motifs is 2. The molecule has 0 aliphatic carbocycles. The van der Waals surface area contributed by atoms with Crippen molar-refractivity contribution in [2.75, 3.05) is 19.8 Å². The Morgan fingerprint density at radius 3 is 3.00 bits per heavy atom. The van der Waals surface area contributed by atoms with Crippen molar-refractivity contribution in [3.63, 3.8) is 0 Å². The molecule has 0 radical (unpaired) electrons. The molecule has 1 aromatic carbocycles. The second-order valence-electron chi connectivity index (χ2n) is 6.67. The Labute approximate surface area is 154 Å². The lowest BCUT2D eigenvalue weighted by atomic mass is 10.0. The molecule has 0 bridgehead atoms. The average Bonchev–Trinajstić information content (AvgIpc) is 3.31. The van der Waals surface area contributed by atoms with Crippen LogP contribution in [0, 0.1) is 0 Å². The molecule has 6 nitrogen and oxygen atoms in total. The highest BCUT2D eigenvalue weighted by Gasteiger charge is 2.28. The Bertz CT molecular complexity index is 1010. The van der Waals surface area contributed by atoms with E-state index >= 15 is 0 Å². The summed E-state index contributed by atoms with van der Waals surface area (Å²) >= 11 is 1.49. The van der Waals surface area contributed by atoms with Crippen LogP contribution in [0.15, 0.2) is 40.6 Å². The fourth-order valence-electron chi connectivity index (χ4n) is 3.84. The van der Waals surface area contributed by atoms with E-state index in [2.05, 4.69) is 22.0 Å². The van der Waals surface area contributed by atoms with E-state index in [0.29, 0.717) is 25.8 Å². The van der Waals surface area contributed by atoms with Crippen molar-refractivity contribution in [3.05, 3.63) is 57.5 Å². The minimum absolute atomic E-state index is 0.0127. The molecule has 4 heterocycles. The molecule has 0 saturated carbocycles. The van der Waals surface area contributed by atoms with Crippen LogP contribution in [0.2, 0.25) is 0 Å². The third-order valence-corrected chi connectivity index (χ3v) is 5.79. The summed E-state index contributed by atoms with van der Waals surface area (Å²) in [5.41, 5.74) is 2.06. The van der Waals surface area contributed by atoms with Crippen molar-refractivity contribution in [3.8, 4) is 11.5 Å². The molecule has 26 heavy (non-hydrogen) atoms. The first-order valence-electron chi connectivity index (χ1n) is 8.87. The lowest BCUT2D eigenvalue weighted by molar-refractivity contribution is 0.170. The fraction of sp³-hybridized carbons (Fsp3) is 0.368. The van der Waals surface area contributed by atoms with Gasteiger partial charge in [0.15, 0.2) is 16.5 Å². The van der Waals surface area contributed by atoms with Crippen LogP contribution in [0.1, 0.15) is 30.1 Å². The Balaban J connectivity index is 1.42. The molecule has 1 saturated heterocycles. The van der Waals surface area contributed by atoms with Gasteiger partial charge in [-0.2, -0.15) is 0 Å². The van der Waals surface area contributed by atoms with Gasteiger partial charge in [0.05, 0.1) is 5.69 Å². The maximum absolute atomic E-state index is 12.2. The summed E-state index contributed by atoms with van der Waals surface area (Å²) in [5.74, 6) is 1.65. The van der Waals surface area contributed by atoms with Crippen molar-refractivity contribution >= 4 is 16.3 Å². The number of rotatable bonds is 3. The molecule has 0 N–H and O–H groups in total. The molecule has 3 aromatic rings. The fourth-order valence-corrected chi connectivity index (χ4v) is 4.58. The Kier molecular flexibility index (Phi) is 3.90. The van der Waals surface area contributed by atoms with E-state index < -0.39 is 0 Å². The lowest BCUT2D eigenvalue weighted by Crippen LogP contribution is -2.25. The minimum Gasteiger partial charge on any atom is -0.486 e. The molecule has 0 spiro atoms. The minimum atomic E-state index is -0.0127. The molecular formula is C19H19N3O3S. The third-order valence-electron chi connectivity index (χ3n) is 5.04. The summed E-state index contributed by atoms with van der Waals surface area (Å²) in [6.45, 7) is 2.89. The van der Waals surface area contributed by atoms with Gasteiger partial charge in [0.25, 0.3) is 5.56 Å². The predicted octanol–water partition coefficient (Wildman–Crippen LogP) is 2.86. The maximum Gasteiger partial charge on any atom is 0.258 e. The number of nitrogens with zero attached hydrogens (tertiary/aromatic N) is 3. The van der Waals surface area contributed by atoms with E-state index in [1.165, 1.54) is 16.9 Å². The molecular weight excluding hydrogens is 350 g/mol. The van der Waals surface area contributed by atoms with Gasteiger partial charge in [0, 0.05) is 30.2 Å². The molecule has 2 aromatic heterocycles. The van der Waals surface area contributed by atoms with Crippen molar-refractivity contribution < 1.29 is 9.47 Å². The van der Waals surface area contributed by atoms with Gasteiger partial charge in [-0.25, -0.2) is 4.98 Å². The molecule has 2 aliphatic heterocycles. The van der Waals surface area contributed by atoms with E-state index in [1.54, 1.807) is 16.7 Å². The molecule has 0 unspecified atom stereocenters. The van der Waals surface area contributed by atoms with E-state index in [-0.39, 0.29) is 5.56 Å². The Hall–Kier alpha value is -2.38. The highest BCUT2D eigenvalue weighted by atomic mass is 32.1. The number of hydrogen-bond acceptors (Lipinski definition) is 6. The number of ether oxygens (including phenoxy) is 2. The first-order valence-corrected chi connectivity index (χ1v) is 9.75. The number of likely N-dealkylation sites (tertiary alicyclic amines) is 1. The number of benzene rings is 1. The molecule has 134 valence electrons. The summed E-state index contributed by atoms with van der Waals surface area (Å²) < 4.78 is 13.0. The first-order chi connectivity index (χ1) is 12.8. The highest BCUT2D eigenvalue weighted by Crippen LogP contribution is 2.38. The second kappa shape index (κ2) is 6.41. The van der Waals surface area contributed by atoms with Gasteiger partial charge in [-0.1, -0.05) is 6.07 Å². The summed E-state index contributed by atoms with van der Waals surface area (Å²) in [6.07, 6.45) is 4.01. The van der Waals surface area contributed by atoms with Crippen molar-refractivity contribution in [1.82, 2.24) is 14.3 Å². The van der Waals surface area contributed by atoms with Crippen molar-refractivity contribution in [2.24, 2.45) is 0 Å². The molecule has 0 amide bonds. The van der Waals surface area contributed by atoms with Gasteiger partial charge in [0.1, 0.15) is 13.2 Å². The number of hydrogen-bond donors (Lipinski definition) is 0. The number of aromatic nitrogens is 2. The lowest BCUT2D eigenvalue weighted by Gasteiger charge is -2.26. The van der Waals surface area contributed by atoms with Crippen LogP contribution in [0.4, 0.5) is 0 Å². The summed E-state index contributed by atoms with van der Waals surface area (Å²) in [7, 11) is 0. The van der Waals surface area contributed by atoms with Gasteiger partial charge in [-0.3, -0.25) is 14.1 Å². The maximum atomic E-state index is 12.2. The van der Waals surface area contributed by atoms with Crippen LogP contribution in [0.3, 0.4) is 0 Å². The molecule has 2 aliphatic rings. The smallest absolute Gasteiger partial charge is 0.258 e. The summed E-state index contributed by atoms with van der Waals surface area (Å²) in [6, 6.07) is 8.19. The monoisotopic (exact) mass is 369 g/mol. The zero-order valence-electron chi connectivity index (χ0n) is 14.3. The average molecular weight is 369 g/mol. The Morgan fingerprint density at radius 1 is 1.19 bits per heavy atom. The summed E-state index contributed by atoms with van der Waals surface area (Å²) in [5, 5.41) is 1.89. The van der Waals surface area contributed by atoms with E-state index in [1.807, 2.05) is 11.4 Å². The zero-order valence-corrected chi connectivity index (χ0v) is 15.1. The topological polar surface area (TPSA) is 56.1 Å². The molecule has 1 atom stereocenters. The van der Waals surface area contributed by atoms with Crippen LogP contribution in [-0.4, -0.2) is 34.0 Å². The van der Waals surface area contributed by atoms with E-state index in [4.69, 9.17) is 9.47 Å². The van der Waals surface area contributed by atoms with Gasteiger partial charge >= 0.3 is 0 Å². The van der Waals surface area contributed by atoms with Gasteiger partial charge in [-0.05, 0) is 37.1 Å². The van der Waals surface area contributed by atoms with Gasteiger partial charge in [0.2, 0.25) is 0 Å². The quantitative estimate of drug-likeness (QED) is 0.711. The molecule has 5 rings (SSSR count). The van der Waals surface area contributed by atoms with Crippen molar-refractivity contribution in [2.45, 2.75) is 25.4 Å². The molecule has 7 heteroatoms. The van der Waals surface area contributed by atoms with Gasteiger partial charge in [-0.15, -0.1) is 11.3 Å². The first kappa shape index (κ1) is 15.8. The third kappa shape index (κ3) is 2.77. The normalized spacial score (nSPS) is 19.9. The van der Waals surface area contributed by atoms with Crippen LogP contribution in [-0.2, 0) is 6.54 Å². The van der Waals surface area contributed by atoms with Crippen LogP contribution >= 0.6 is 11.3 Å². The standard InChI is InChI=1S/C19H19N3O3S/c23-18-11-14(20-19-22(18)6-9-26-19)12-21-5-1-2-15(21)13-3-4-16-17(10-13)25-8-7-24-16/h3-4,6,9-11,15H,1-2,5,7-8,12H2/t15-/m1/s1. The highest BCUT2D eigenvalue weighted by molar-refractivity contribution is 7.15. The van der Waals surface area contributed by atoms with Crippen LogP contribution in [0.5, 0.6) is 11.5 Å². The molecule has 1 fully saturated rings. The van der Waals surface area contributed by atoms with E-state index in [9.17, 15) is 4.79 Å². The predicted molar refractivity (Wildman–Crippen MR) is 99.2 cm³/mol. The largest absolute Gasteiger partial charge is 0.486 e. The van der Waals surface area contributed by atoms with Crippen LogP contribution in [0.25, 0.3) is 4.96 Å². The zero-order chi connectivity index (χ0) is 17.5. The van der Waals surface area contributed by atoms with Crippen molar-refractivity contribution in [1.29, 1.82) is 0 Å². The number of thiazole rings is 1. The van der Waals surface area contributed by atoms with Crippen LogP contribution < -0.4 is 15.0 Å². The van der Waals surface area contributed by atoms with E-state index in [0.717, 1.165) is 41.5 Å². The SMILES string of the molecule is O=c1cc(CN2CCC[C@@H]2c2ccc3c(c2)OCCO3)nc2sccn12.